The van der Waals surface area contributed by atoms with Gasteiger partial charge in [0.1, 0.15) is 39.4 Å². The summed E-state index contributed by atoms with van der Waals surface area (Å²) in [5.74, 6) is -7.69. The van der Waals surface area contributed by atoms with E-state index in [4.69, 9.17) is 54.0 Å². The van der Waals surface area contributed by atoms with Crippen molar-refractivity contribution in [3.05, 3.63) is 0 Å². The fraction of sp³-hybridized carbons (Fsp3) is 0.816. The molecule has 0 spiro atoms. The van der Waals surface area contributed by atoms with Gasteiger partial charge in [0.05, 0.1) is 37.9 Å². The van der Waals surface area contributed by atoms with E-state index in [-0.39, 0.29) is 51.1 Å². The topological polar surface area (TPSA) is 257 Å². The third-order valence-corrected chi connectivity index (χ3v) is 8.48. The van der Waals surface area contributed by atoms with Gasteiger partial charge in [-0.25, -0.2) is 9.59 Å². The number of hydrogen-bond acceptors (Lipinski definition) is 15. The number of nitrogens with one attached hydrogen (secondary N) is 1. The van der Waals surface area contributed by atoms with Crippen LogP contribution in [-0.2, 0) is 62.0 Å². The zero-order valence-electron chi connectivity index (χ0n) is 37.5. The number of carboxylic acid groups (broad SMARTS) is 2. The van der Waals surface area contributed by atoms with E-state index in [2.05, 4.69) is 58.0 Å². The van der Waals surface area contributed by atoms with Gasteiger partial charge in [0.25, 0.3) is 0 Å². The second kappa shape index (κ2) is 32.1. The Balaban J connectivity index is -0.00000234. The molecule has 5 N–H and O–H groups in total. The Kier molecular flexibility index (Phi) is 32.9. The molecule has 0 unspecified atom stereocenters. The summed E-state index contributed by atoms with van der Waals surface area (Å²) in [6.45, 7) is 10.8. The van der Waals surface area contributed by atoms with Gasteiger partial charge in [-0.3, -0.25) is 24.0 Å². The van der Waals surface area contributed by atoms with Crippen LogP contribution in [0.2, 0.25) is 0 Å². The lowest BCUT2D eigenvalue weighted by molar-refractivity contribution is -0.193. The van der Waals surface area contributed by atoms with Crippen LogP contribution in [0.3, 0.4) is 0 Å². The Morgan fingerprint density at radius 3 is 1.35 bits per heavy atom. The van der Waals surface area contributed by atoms with Crippen LogP contribution in [0.4, 0.5) is 26.3 Å². The summed E-state index contributed by atoms with van der Waals surface area (Å²) in [5, 5.41) is 17.0. The summed E-state index contributed by atoms with van der Waals surface area (Å²) in [6, 6.07) is -0.532. The molecule has 1 amide bonds. The molecule has 0 radical (unpaired) electrons. The van der Waals surface area contributed by atoms with Crippen molar-refractivity contribution in [2.45, 2.75) is 105 Å². The molecule has 0 saturated carbocycles. The van der Waals surface area contributed by atoms with Crippen molar-refractivity contribution in [1.82, 2.24) is 10.2 Å². The largest absolute Gasteiger partial charge is 0.490 e. The normalized spacial score (nSPS) is 12.7. The fourth-order valence-corrected chi connectivity index (χ4v) is 4.21. The minimum absolute atomic E-state index is 0.182. The van der Waals surface area contributed by atoms with Crippen molar-refractivity contribution in [3.63, 3.8) is 0 Å². The zero-order valence-corrected chi connectivity index (χ0v) is 42.3. The van der Waals surface area contributed by atoms with Crippen LogP contribution in [0.15, 0.2) is 0 Å². The summed E-state index contributed by atoms with van der Waals surface area (Å²) < 4.78 is 93.8. The first kappa shape index (κ1) is 66.6. The molecule has 0 bridgehead atoms. The number of alkyl halides is 9. The number of esters is 3. The second-order valence-corrected chi connectivity index (χ2v) is 21.8. The van der Waals surface area contributed by atoms with Crippen LogP contribution >= 0.6 is 47.8 Å². The van der Waals surface area contributed by atoms with E-state index in [1.807, 2.05) is 14.1 Å². The molecule has 0 heterocycles. The summed E-state index contributed by atoms with van der Waals surface area (Å²) in [5.41, 5.74) is 4.62. The van der Waals surface area contributed by atoms with E-state index in [1.165, 1.54) is 0 Å². The first-order valence-corrected chi connectivity index (χ1v) is 21.9. The smallest absolute Gasteiger partial charge is 0.475 e. The Labute approximate surface area is 399 Å². The molecule has 0 saturated heterocycles. The van der Waals surface area contributed by atoms with Gasteiger partial charge in [0, 0.05) is 19.6 Å². The van der Waals surface area contributed by atoms with Crippen molar-refractivity contribution >= 4 is 89.3 Å². The number of rotatable bonds is 29. The highest BCUT2D eigenvalue weighted by atomic mass is 79.9. The van der Waals surface area contributed by atoms with E-state index in [0.717, 1.165) is 19.4 Å². The maximum Gasteiger partial charge on any atom is 0.490 e. The number of carbonyl (C=O) groups excluding carboxylic acids is 5. The maximum atomic E-state index is 12.6. The van der Waals surface area contributed by atoms with Crippen LogP contribution in [-0.4, -0.2) is 175 Å². The third kappa shape index (κ3) is 37.0. The Hall–Kier alpha value is -2.69. The molecular formula is C38H62Br3F6N3O15. The standard InChI is InChI=1S/C34H60Br3N3O11.2C2HF3O2/c1-31(2,35)28(43)49-22-34(23-50-29(44)32(3,4)36,24-51-30(45)33(5,6)37)21-48-20-25(41)12-11-16-46-18-19-47-17-14-39-27(42)26(38)13-9-10-15-40(7)8;2*3-2(4,5)1(6)7/h26H,9-24,38H2,1-8H3,(H,39,42);2*(H,6,7)/t26-;;/m0../s1. The minimum Gasteiger partial charge on any atom is -0.475 e. The fourth-order valence-electron chi connectivity index (χ4n) is 3.87. The highest BCUT2D eigenvalue weighted by Crippen LogP contribution is 2.28. The third-order valence-electron chi connectivity index (χ3n) is 7.51. The number of unbranched alkanes of at least 4 members (excludes halogenated alkanes) is 1. The van der Waals surface area contributed by atoms with E-state index in [9.17, 15) is 50.3 Å². The molecule has 0 aliphatic rings. The van der Waals surface area contributed by atoms with Crippen LogP contribution in [0.5, 0.6) is 0 Å². The number of halogens is 9. The predicted octanol–water partition coefficient (Wildman–Crippen LogP) is 4.96. The SMILES string of the molecule is CN(C)CCCC[C@H](N)C(=O)NCCOCCOCCCC(=O)COCC(COC(=O)C(C)(C)Br)(COC(=O)C(C)(C)Br)COC(=O)C(C)(C)Br.O=C(O)C(F)(F)F.O=C(O)C(F)(F)F. The number of nitrogens with two attached hydrogens (primary N) is 1. The number of carboxylic acids is 2. The quantitative estimate of drug-likeness (QED) is 0.0254. The van der Waals surface area contributed by atoms with Crippen molar-refractivity contribution in [1.29, 1.82) is 0 Å². The number of amides is 1. The van der Waals surface area contributed by atoms with Gasteiger partial charge in [-0.2, -0.15) is 26.3 Å². The average Bonchev–Trinajstić information content (AvgIpc) is 3.15. The molecule has 0 aromatic carbocycles. The molecule has 0 aliphatic heterocycles. The predicted molar refractivity (Wildman–Crippen MR) is 232 cm³/mol. The van der Waals surface area contributed by atoms with Gasteiger partial charge in [0.2, 0.25) is 5.91 Å². The van der Waals surface area contributed by atoms with E-state index >= 15 is 0 Å². The van der Waals surface area contributed by atoms with Crippen molar-refractivity contribution in [2.24, 2.45) is 11.1 Å². The molecule has 27 heteroatoms. The van der Waals surface area contributed by atoms with Crippen molar-refractivity contribution in [2.75, 3.05) is 86.6 Å². The van der Waals surface area contributed by atoms with Crippen molar-refractivity contribution < 1.29 is 98.5 Å². The number of ketones is 1. The minimum atomic E-state index is -5.08. The number of hydrogen-bond donors (Lipinski definition) is 4. The molecule has 65 heavy (non-hydrogen) atoms. The molecule has 0 aliphatic carbocycles. The van der Waals surface area contributed by atoms with E-state index in [1.54, 1.807) is 41.5 Å². The number of Topliss-reactive ketones (excluding diaryl/α,β-unsaturated/α-hetero) is 1. The number of carbonyl (C=O) groups is 7. The molecule has 382 valence electrons. The van der Waals surface area contributed by atoms with Gasteiger partial charge < -0.3 is 54.6 Å². The summed E-state index contributed by atoms with van der Waals surface area (Å²) in [4.78, 5) is 82.4. The van der Waals surface area contributed by atoms with Crippen LogP contribution < -0.4 is 11.1 Å². The molecule has 1 atom stereocenters. The van der Waals surface area contributed by atoms with Gasteiger partial charge in [-0.1, -0.05) is 54.2 Å². The first-order chi connectivity index (χ1) is 29.4. The molecule has 18 nitrogen and oxygen atoms in total. The lowest BCUT2D eigenvalue weighted by Crippen LogP contribution is -2.46. The second-order valence-electron chi connectivity index (χ2n) is 15.8. The van der Waals surface area contributed by atoms with E-state index < -0.39 is 66.6 Å². The molecule has 0 aromatic heterocycles. The summed E-state index contributed by atoms with van der Waals surface area (Å²) >= 11 is 9.79. The monoisotopic (exact) mass is 1150 g/mol. The highest BCUT2D eigenvalue weighted by molar-refractivity contribution is 9.10. The molecular weight excluding hydrogens is 1090 g/mol. The van der Waals surface area contributed by atoms with Gasteiger partial charge in [-0.15, -0.1) is 0 Å². The lowest BCUT2D eigenvalue weighted by atomic mass is 9.91. The van der Waals surface area contributed by atoms with Gasteiger partial charge in [0.15, 0.2) is 5.78 Å². The Bertz CT molecular complexity index is 1370. The number of aliphatic carboxylic acids is 2. The summed E-state index contributed by atoms with van der Waals surface area (Å²) in [6.07, 6.45) is -7.02. The van der Waals surface area contributed by atoms with E-state index in [0.29, 0.717) is 45.8 Å². The first-order valence-electron chi connectivity index (χ1n) is 19.5. The van der Waals surface area contributed by atoms with Gasteiger partial charge in [-0.05, 0) is 81.4 Å². The Morgan fingerprint density at radius 1 is 0.615 bits per heavy atom. The van der Waals surface area contributed by atoms with Gasteiger partial charge >= 0.3 is 42.2 Å². The average molecular weight is 1150 g/mol. The van der Waals surface area contributed by atoms with Crippen molar-refractivity contribution in [3.8, 4) is 0 Å². The molecule has 0 rings (SSSR count). The molecule has 0 fully saturated rings. The number of ether oxygens (including phenoxy) is 6. The maximum absolute atomic E-state index is 12.6. The molecule has 0 aromatic rings. The number of nitrogens with zero attached hydrogens (tertiary/aromatic N) is 1. The van der Waals surface area contributed by atoms with Crippen LogP contribution in [0.1, 0.15) is 73.6 Å². The lowest BCUT2D eigenvalue weighted by Gasteiger charge is -2.34. The zero-order chi connectivity index (χ0) is 51.5. The van der Waals surface area contributed by atoms with Crippen LogP contribution in [0.25, 0.3) is 0 Å². The summed E-state index contributed by atoms with van der Waals surface area (Å²) in [7, 11) is 4.02. The van der Waals surface area contributed by atoms with Crippen LogP contribution in [0, 0.1) is 5.41 Å². The Morgan fingerprint density at radius 2 is 1.00 bits per heavy atom. The highest BCUT2D eigenvalue weighted by Gasteiger charge is 2.41.